The average molecular weight is 579 g/mol. The molecule has 0 radical (unpaired) electrons. The number of aliphatic hydroxyl groups excluding tert-OH is 3. The first kappa shape index (κ1) is 26.7. The summed E-state index contributed by atoms with van der Waals surface area (Å²) >= 11 is 8.62. The molecule has 0 saturated heterocycles. The third-order valence-corrected chi connectivity index (χ3v) is 8.10. The molecular formula is C23H33Br2NO4S. The second-order valence-corrected chi connectivity index (χ2v) is 11.8. The minimum atomic E-state index is -0.600. The Kier molecular flexibility index (Phi) is 12.0. The molecule has 0 bridgehead atoms. The quantitative estimate of drug-likeness (QED) is 0.213. The highest BCUT2D eigenvalue weighted by molar-refractivity contribution is 9.12. The van der Waals surface area contributed by atoms with Gasteiger partial charge in [-0.1, -0.05) is 24.3 Å². The fourth-order valence-electron chi connectivity index (χ4n) is 3.94. The molecule has 1 fully saturated rings. The predicted octanol–water partition coefficient (Wildman–Crippen LogP) is 4.73. The Morgan fingerprint density at radius 3 is 2.77 bits per heavy atom. The molecule has 1 amide bonds. The van der Waals surface area contributed by atoms with Crippen LogP contribution < -0.4 is 5.32 Å². The van der Waals surface area contributed by atoms with Crippen molar-refractivity contribution < 1.29 is 20.1 Å². The molecule has 0 aliphatic heterocycles. The van der Waals surface area contributed by atoms with Crippen LogP contribution in [0, 0.1) is 11.8 Å². The lowest BCUT2D eigenvalue weighted by molar-refractivity contribution is -0.121. The molecule has 1 aromatic heterocycles. The van der Waals surface area contributed by atoms with Crippen LogP contribution in [0.1, 0.15) is 51.0 Å². The van der Waals surface area contributed by atoms with Crippen molar-refractivity contribution in [3.63, 3.8) is 0 Å². The summed E-state index contributed by atoms with van der Waals surface area (Å²) in [5.41, 5.74) is 1.16. The van der Waals surface area contributed by atoms with E-state index in [0.29, 0.717) is 32.2 Å². The van der Waals surface area contributed by atoms with Gasteiger partial charge < -0.3 is 20.6 Å². The number of nitrogens with one attached hydrogen (secondary N) is 1. The molecule has 1 heterocycles. The largest absolute Gasteiger partial charge is 0.393 e. The Hall–Kier alpha value is -0.510. The van der Waals surface area contributed by atoms with Gasteiger partial charge in [-0.05, 0) is 88.4 Å². The molecule has 2 rings (SSSR count). The zero-order valence-corrected chi connectivity index (χ0v) is 21.8. The van der Waals surface area contributed by atoms with Crippen molar-refractivity contribution in [3.8, 4) is 0 Å². The van der Waals surface area contributed by atoms with E-state index in [2.05, 4.69) is 43.2 Å². The SMILES string of the molecule is CCNC(=O)CCC/C=C/C[C@@H]1[C@@H](/C=C/[C@@H](O)CCc2cc(Br)sc2Br)[C@H](O)C[C@@H]1O. The Balaban J connectivity index is 1.80. The highest BCUT2D eigenvalue weighted by atomic mass is 79.9. The van der Waals surface area contributed by atoms with Gasteiger partial charge in [-0.25, -0.2) is 0 Å². The molecule has 5 nitrogen and oxygen atoms in total. The molecular weight excluding hydrogens is 546 g/mol. The number of carbonyl (C=O) groups is 1. The van der Waals surface area contributed by atoms with Crippen LogP contribution in [0.5, 0.6) is 0 Å². The van der Waals surface area contributed by atoms with Gasteiger partial charge in [-0.2, -0.15) is 0 Å². The van der Waals surface area contributed by atoms with Gasteiger partial charge in [0.1, 0.15) is 0 Å². The monoisotopic (exact) mass is 577 g/mol. The van der Waals surface area contributed by atoms with E-state index in [4.69, 9.17) is 0 Å². The third kappa shape index (κ3) is 9.10. The molecule has 1 saturated carbocycles. The number of halogens is 2. The molecule has 1 aromatic rings. The van der Waals surface area contributed by atoms with E-state index in [1.165, 1.54) is 0 Å². The van der Waals surface area contributed by atoms with Crippen LogP contribution in [0.3, 0.4) is 0 Å². The number of hydrogen-bond acceptors (Lipinski definition) is 5. The van der Waals surface area contributed by atoms with Crippen LogP contribution in [0.25, 0.3) is 0 Å². The molecule has 0 spiro atoms. The summed E-state index contributed by atoms with van der Waals surface area (Å²) in [5, 5.41) is 33.9. The van der Waals surface area contributed by atoms with E-state index in [-0.39, 0.29) is 17.7 Å². The van der Waals surface area contributed by atoms with Crippen molar-refractivity contribution in [2.75, 3.05) is 6.54 Å². The molecule has 0 aromatic carbocycles. The Morgan fingerprint density at radius 1 is 1.32 bits per heavy atom. The van der Waals surface area contributed by atoms with Gasteiger partial charge in [-0.3, -0.25) is 4.79 Å². The zero-order valence-electron chi connectivity index (χ0n) is 17.8. The second-order valence-electron chi connectivity index (χ2n) is 8.00. The van der Waals surface area contributed by atoms with Gasteiger partial charge in [0, 0.05) is 25.3 Å². The van der Waals surface area contributed by atoms with Gasteiger partial charge in [0.2, 0.25) is 5.91 Å². The van der Waals surface area contributed by atoms with Crippen molar-refractivity contribution in [1.82, 2.24) is 5.32 Å². The Labute approximate surface area is 205 Å². The third-order valence-electron chi connectivity index (χ3n) is 5.63. The first-order valence-electron chi connectivity index (χ1n) is 10.9. The van der Waals surface area contributed by atoms with Crippen molar-refractivity contribution >= 4 is 49.1 Å². The van der Waals surface area contributed by atoms with Crippen molar-refractivity contribution in [1.29, 1.82) is 0 Å². The summed E-state index contributed by atoms with van der Waals surface area (Å²) < 4.78 is 2.13. The van der Waals surface area contributed by atoms with Gasteiger partial charge in [-0.15, -0.1) is 11.3 Å². The van der Waals surface area contributed by atoms with Crippen LogP contribution in [-0.2, 0) is 11.2 Å². The number of aryl methyl sites for hydroxylation is 1. The maximum absolute atomic E-state index is 11.5. The summed E-state index contributed by atoms with van der Waals surface area (Å²) in [7, 11) is 0. The Bertz CT molecular complexity index is 752. The van der Waals surface area contributed by atoms with E-state index in [9.17, 15) is 20.1 Å². The molecule has 5 atom stereocenters. The number of aliphatic hydroxyl groups is 3. The number of rotatable bonds is 12. The molecule has 31 heavy (non-hydrogen) atoms. The van der Waals surface area contributed by atoms with Gasteiger partial charge >= 0.3 is 0 Å². The Morgan fingerprint density at radius 2 is 2.10 bits per heavy atom. The molecule has 0 unspecified atom stereocenters. The normalized spacial score (nSPS) is 25.0. The van der Waals surface area contributed by atoms with Crippen LogP contribution >= 0.6 is 43.2 Å². The van der Waals surface area contributed by atoms with Gasteiger partial charge in [0.05, 0.1) is 25.9 Å². The second kappa shape index (κ2) is 13.9. The van der Waals surface area contributed by atoms with Crippen LogP contribution in [0.4, 0.5) is 0 Å². The van der Waals surface area contributed by atoms with Crippen molar-refractivity contribution in [3.05, 3.63) is 43.5 Å². The van der Waals surface area contributed by atoms with E-state index < -0.39 is 18.3 Å². The highest BCUT2D eigenvalue weighted by Gasteiger charge is 2.39. The summed E-state index contributed by atoms with van der Waals surface area (Å²) in [6, 6.07) is 2.06. The van der Waals surface area contributed by atoms with Crippen molar-refractivity contribution in [2.24, 2.45) is 11.8 Å². The lowest BCUT2D eigenvalue weighted by Crippen LogP contribution is -2.21. The van der Waals surface area contributed by atoms with Crippen LogP contribution in [0.2, 0.25) is 0 Å². The number of amides is 1. The van der Waals surface area contributed by atoms with E-state index in [0.717, 1.165) is 32.4 Å². The summed E-state index contributed by atoms with van der Waals surface area (Å²) in [4.78, 5) is 11.5. The molecule has 1 aliphatic carbocycles. The molecule has 174 valence electrons. The van der Waals surface area contributed by atoms with Crippen LogP contribution in [-0.4, -0.2) is 46.1 Å². The topological polar surface area (TPSA) is 89.8 Å². The molecule has 1 aliphatic rings. The zero-order chi connectivity index (χ0) is 22.8. The first-order chi connectivity index (χ1) is 14.8. The highest BCUT2D eigenvalue weighted by Crippen LogP contribution is 2.36. The standard InChI is InChI=1S/C23H33Br2NO4S/c1-2-26-22(30)8-6-4-3-5-7-17-18(20(29)14-19(17)28)12-11-16(27)10-9-15-13-21(24)31-23(15)25/h3,5,11-13,16-20,27-29H,2,4,6-10,14H2,1H3,(H,26,30)/b5-3+,12-11+/t16-,17+,18+,19-,20+/m0/s1. The number of thiophene rings is 1. The lowest BCUT2D eigenvalue weighted by Gasteiger charge is -2.19. The predicted molar refractivity (Wildman–Crippen MR) is 133 cm³/mol. The molecule has 4 N–H and O–H groups in total. The summed E-state index contributed by atoms with van der Waals surface area (Å²) in [6.07, 6.45) is 10.5. The number of unbranched alkanes of at least 4 members (excludes halogenated alkanes) is 1. The minimum Gasteiger partial charge on any atom is -0.393 e. The van der Waals surface area contributed by atoms with Gasteiger partial charge in [0.15, 0.2) is 0 Å². The average Bonchev–Trinajstić information content (AvgIpc) is 3.17. The maximum atomic E-state index is 11.5. The minimum absolute atomic E-state index is 0.0694. The van der Waals surface area contributed by atoms with E-state index >= 15 is 0 Å². The smallest absolute Gasteiger partial charge is 0.219 e. The lowest BCUT2D eigenvalue weighted by atomic mass is 9.89. The number of hydrogen-bond donors (Lipinski definition) is 4. The van der Waals surface area contributed by atoms with Gasteiger partial charge in [0.25, 0.3) is 0 Å². The number of carbonyl (C=O) groups excluding carboxylic acids is 1. The van der Waals surface area contributed by atoms with Crippen molar-refractivity contribution in [2.45, 2.75) is 70.2 Å². The van der Waals surface area contributed by atoms with E-state index in [1.807, 2.05) is 25.2 Å². The maximum Gasteiger partial charge on any atom is 0.219 e. The fourth-order valence-corrected chi connectivity index (χ4v) is 6.86. The summed E-state index contributed by atoms with van der Waals surface area (Å²) in [5.74, 6) is -0.167. The molecule has 8 heteroatoms. The van der Waals surface area contributed by atoms with E-state index in [1.54, 1.807) is 17.4 Å². The first-order valence-corrected chi connectivity index (χ1v) is 13.3. The van der Waals surface area contributed by atoms with Crippen LogP contribution in [0.15, 0.2) is 37.9 Å². The fraction of sp³-hybridized carbons (Fsp3) is 0.609. The number of allylic oxidation sites excluding steroid dienone is 2. The summed E-state index contributed by atoms with van der Waals surface area (Å²) in [6.45, 7) is 2.56.